The minimum atomic E-state index is -0.145. The smallest absolute Gasteiger partial charge is 0.227 e. The molecule has 1 unspecified atom stereocenters. The normalized spacial score (nSPS) is 11.9. The van der Waals surface area contributed by atoms with Crippen LogP contribution in [0.1, 0.15) is 29.5 Å². The molecule has 2 aromatic carbocycles. The number of rotatable bonds is 5. The van der Waals surface area contributed by atoms with Gasteiger partial charge in [-0.2, -0.15) is 0 Å². The topological polar surface area (TPSA) is 55.1 Å². The highest BCUT2D eigenvalue weighted by molar-refractivity contribution is 5.83. The third-order valence-corrected chi connectivity index (χ3v) is 3.39. The number of hydrogen-bond donors (Lipinski definition) is 2. The van der Waals surface area contributed by atoms with Crippen molar-refractivity contribution < 1.29 is 4.79 Å². The maximum atomic E-state index is 12.1. The molecule has 0 spiro atoms. The first-order chi connectivity index (χ1) is 9.70. The molecule has 3 nitrogen and oxygen atoms in total. The highest BCUT2D eigenvalue weighted by atomic mass is 16.1. The molecule has 0 aromatic heterocycles. The predicted octanol–water partition coefficient (Wildman–Crippen LogP) is 2.57. The molecule has 1 amide bonds. The highest BCUT2D eigenvalue weighted by Gasteiger charge is 2.14. The van der Waals surface area contributed by atoms with Gasteiger partial charge >= 0.3 is 0 Å². The Kier molecular flexibility index (Phi) is 4.91. The van der Waals surface area contributed by atoms with Gasteiger partial charge in [0.15, 0.2) is 0 Å². The zero-order chi connectivity index (χ0) is 14.4. The number of amides is 1. The molecule has 2 aromatic rings. The predicted molar refractivity (Wildman–Crippen MR) is 81.0 cm³/mol. The molecular weight excluding hydrogens is 248 g/mol. The van der Waals surface area contributed by atoms with Crippen LogP contribution in [0.15, 0.2) is 54.6 Å². The van der Waals surface area contributed by atoms with Crippen LogP contribution in [0.25, 0.3) is 0 Å². The van der Waals surface area contributed by atoms with Crippen LogP contribution in [0.2, 0.25) is 0 Å². The van der Waals surface area contributed by atoms with Crippen LogP contribution in [-0.2, 0) is 17.9 Å². The Balaban J connectivity index is 1.95. The number of carbonyl (C=O) groups is 1. The van der Waals surface area contributed by atoms with E-state index in [2.05, 4.69) is 5.32 Å². The van der Waals surface area contributed by atoms with E-state index < -0.39 is 0 Å². The SMILES string of the molecule is CC(C(=O)NCc1cccc(CN)c1)c1ccccc1. The van der Waals surface area contributed by atoms with Crippen LogP contribution in [0.5, 0.6) is 0 Å². The lowest BCUT2D eigenvalue weighted by Gasteiger charge is -2.13. The Morgan fingerprint density at radius 3 is 2.50 bits per heavy atom. The second kappa shape index (κ2) is 6.87. The van der Waals surface area contributed by atoms with Crippen LogP contribution in [-0.4, -0.2) is 5.91 Å². The Morgan fingerprint density at radius 1 is 1.10 bits per heavy atom. The summed E-state index contributed by atoms with van der Waals surface area (Å²) in [6, 6.07) is 17.8. The van der Waals surface area contributed by atoms with Gasteiger partial charge in [0.1, 0.15) is 0 Å². The van der Waals surface area contributed by atoms with E-state index in [1.165, 1.54) is 0 Å². The number of nitrogens with one attached hydrogen (secondary N) is 1. The molecule has 0 fully saturated rings. The Hall–Kier alpha value is -2.13. The van der Waals surface area contributed by atoms with E-state index in [4.69, 9.17) is 5.73 Å². The fraction of sp³-hybridized carbons (Fsp3) is 0.235. The quantitative estimate of drug-likeness (QED) is 0.875. The molecule has 104 valence electrons. The molecule has 3 N–H and O–H groups in total. The van der Waals surface area contributed by atoms with Crippen molar-refractivity contribution in [2.75, 3.05) is 0 Å². The zero-order valence-electron chi connectivity index (χ0n) is 11.7. The molecule has 0 radical (unpaired) electrons. The van der Waals surface area contributed by atoms with Gasteiger partial charge in [-0.05, 0) is 23.6 Å². The van der Waals surface area contributed by atoms with Gasteiger partial charge in [0.2, 0.25) is 5.91 Å². The zero-order valence-corrected chi connectivity index (χ0v) is 11.7. The molecule has 1 atom stereocenters. The average molecular weight is 268 g/mol. The van der Waals surface area contributed by atoms with E-state index in [0.717, 1.165) is 16.7 Å². The molecular formula is C17H20N2O. The summed E-state index contributed by atoms with van der Waals surface area (Å²) in [6.45, 7) is 2.97. The van der Waals surface area contributed by atoms with E-state index in [-0.39, 0.29) is 11.8 Å². The first-order valence-corrected chi connectivity index (χ1v) is 6.81. The van der Waals surface area contributed by atoms with Crippen LogP contribution in [0.3, 0.4) is 0 Å². The fourth-order valence-electron chi connectivity index (χ4n) is 2.10. The van der Waals surface area contributed by atoms with Crippen molar-refractivity contribution in [3.63, 3.8) is 0 Å². The summed E-state index contributed by atoms with van der Waals surface area (Å²) in [5.41, 5.74) is 8.79. The third kappa shape index (κ3) is 3.68. The van der Waals surface area contributed by atoms with Crippen molar-refractivity contribution in [1.82, 2.24) is 5.32 Å². The van der Waals surface area contributed by atoms with E-state index in [1.54, 1.807) is 0 Å². The maximum absolute atomic E-state index is 12.1. The van der Waals surface area contributed by atoms with Gasteiger partial charge in [0, 0.05) is 13.1 Å². The largest absolute Gasteiger partial charge is 0.352 e. The minimum absolute atomic E-state index is 0.0364. The summed E-state index contributed by atoms with van der Waals surface area (Å²) in [5.74, 6) is -0.108. The second-order valence-electron chi connectivity index (χ2n) is 4.87. The maximum Gasteiger partial charge on any atom is 0.227 e. The summed E-state index contributed by atoms with van der Waals surface area (Å²) >= 11 is 0. The average Bonchev–Trinajstić information content (AvgIpc) is 2.53. The van der Waals surface area contributed by atoms with Crippen molar-refractivity contribution in [3.05, 3.63) is 71.3 Å². The Labute approximate surface area is 119 Å². The van der Waals surface area contributed by atoms with Crippen LogP contribution >= 0.6 is 0 Å². The van der Waals surface area contributed by atoms with E-state index >= 15 is 0 Å². The van der Waals surface area contributed by atoms with Crippen LogP contribution in [0.4, 0.5) is 0 Å². The van der Waals surface area contributed by atoms with Gasteiger partial charge < -0.3 is 11.1 Å². The van der Waals surface area contributed by atoms with Gasteiger partial charge in [-0.3, -0.25) is 4.79 Å². The van der Waals surface area contributed by atoms with Gasteiger partial charge in [0.25, 0.3) is 0 Å². The van der Waals surface area contributed by atoms with Gasteiger partial charge in [-0.25, -0.2) is 0 Å². The molecule has 3 heteroatoms. The number of hydrogen-bond acceptors (Lipinski definition) is 2. The number of benzene rings is 2. The van der Waals surface area contributed by atoms with Crippen molar-refractivity contribution in [3.8, 4) is 0 Å². The number of nitrogens with two attached hydrogens (primary N) is 1. The monoisotopic (exact) mass is 268 g/mol. The van der Waals surface area contributed by atoms with Crippen molar-refractivity contribution in [2.45, 2.75) is 25.9 Å². The van der Waals surface area contributed by atoms with Gasteiger partial charge in [-0.15, -0.1) is 0 Å². The van der Waals surface area contributed by atoms with Crippen molar-refractivity contribution in [1.29, 1.82) is 0 Å². The molecule has 0 saturated carbocycles. The standard InChI is InChI=1S/C17H20N2O/c1-13(16-8-3-2-4-9-16)17(20)19-12-15-7-5-6-14(10-15)11-18/h2-10,13H,11-12,18H2,1H3,(H,19,20). The molecule has 0 bridgehead atoms. The molecule has 0 aliphatic heterocycles. The lowest BCUT2D eigenvalue weighted by atomic mass is 10.0. The lowest BCUT2D eigenvalue weighted by Crippen LogP contribution is -2.27. The molecule has 0 aliphatic carbocycles. The third-order valence-electron chi connectivity index (χ3n) is 3.39. The van der Waals surface area contributed by atoms with E-state index in [0.29, 0.717) is 13.1 Å². The first kappa shape index (κ1) is 14.3. The van der Waals surface area contributed by atoms with Crippen molar-refractivity contribution in [2.24, 2.45) is 5.73 Å². The molecule has 2 rings (SSSR count). The molecule has 0 aliphatic rings. The minimum Gasteiger partial charge on any atom is -0.352 e. The summed E-state index contributed by atoms with van der Waals surface area (Å²) in [5, 5.41) is 2.97. The summed E-state index contributed by atoms with van der Waals surface area (Å²) in [7, 11) is 0. The number of carbonyl (C=O) groups excluding carboxylic acids is 1. The van der Waals surface area contributed by atoms with Gasteiger partial charge in [0.05, 0.1) is 5.92 Å². The summed E-state index contributed by atoms with van der Waals surface area (Å²) < 4.78 is 0. The molecule has 0 saturated heterocycles. The Morgan fingerprint density at radius 2 is 1.80 bits per heavy atom. The van der Waals surface area contributed by atoms with E-state index in [1.807, 2.05) is 61.5 Å². The van der Waals surface area contributed by atoms with Crippen LogP contribution in [0, 0.1) is 0 Å². The van der Waals surface area contributed by atoms with Crippen LogP contribution < -0.4 is 11.1 Å². The fourth-order valence-corrected chi connectivity index (χ4v) is 2.10. The molecule has 0 heterocycles. The Bertz CT molecular complexity index is 566. The second-order valence-corrected chi connectivity index (χ2v) is 4.87. The van der Waals surface area contributed by atoms with Crippen molar-refractivity contribution >= 4 is 5.91 Å². The van der Waals surface area contributed by atoms with Gasteiger partial charge in [-0.1, -0.05) is 54.6 Å². The first-order valence-electron chi connectivity index (χ1n) is 6.81. The highest BCUT2D eigenvalue weighted by Crippen LogP contribution is 2.14. The summed E-state index contributed by atoms with van der Waals surface area (Å²) in [6.07, 6.45) is 0. The van der Waals surface area contributed by atoms with E-state index in [9.17, 15) is 4.79 Å². The summed E-state index contributed by atoms with van der Waals surface area (Å²) in [4.78, 5) is 12.1. The molecule has 20 heavy (non-hydrogen) atoms. The lowest BCUT2D eigenvalue weighted by molar-refractivity contribution is -0.122.